The number of rotatable bonds is 5. The highest BCUT2D eigenvalue weighted by atomic mass is 15.2. The van der Waals surface area contributed by atoms with Crippen molar-refractivity contribution in [3.8, 4) is 0 Å². The van der Waals surface area contributed by atoms with Crippen LogP contribution in [0.3, 0.4) is 0 Å². The second-order valence-corrected chi connectivity index (χ2v) is 6.48. The molecule has 1 fully saturated rings. The second-order valence-electron chi connectivity index (χ2n) is 6.48. The first-order valence-electron chi connectivity index (χ1n) is 7.00. The minimum atomic E-state index is 0.200. The predicted molar refractivity (Wildman–Crippen MR) is 75.2 cm³/mol. The van der Waals surface area contributed by atoms with Crippen molar-refractivity contribution in [2.75, 3.05) is 33.7 Å². The van der Waals surface area contributed by atoms with Gasteiger partial charge >= 0.3 is 0 Å². The lowest BCUT2D eigenvalue weighted by Gasteiger charge is -2.46. The fourth-order valence-corrected chi connectivity index (χ4v) is 3.14. The Balaban J connectivity index is 2.55. The van der Waals surface area contributed by atoms with E-state index in [1.165, 1.54) is 32.4 Å². The molecule has 0 saturated carbocycles. The van der Waals surface area contributed by atoms with Gasteiger partial charge in [-0.05, 0) is 46.2 Å². The highest BCUT2D eigenvalue weighted by Crippen LogP contribution is 2.27. The van der Waals surface area contributed by atoms with Gasteiger partial charge < -0.3 is 10.6 Å². The average molecular weight is 241 g/mol. The maximum Gasteiger partial charge on any atom is 0.0306 e. The van der Waals surface area contributed by atoms with E-state index in [0.29, 0.717) is 0 Å². The van der Waals surface area contributed by atoms with Crippen molar-refractivity contribution in [2.24, 2.45) is 11.7 Å². The molecule has 0 aromatic carbocycles. The molecular formula is C14H31N3. The second kappa shape index (κ2) is 6.17. The summed E-state index contributed by atoms with van der Waals surface area (Å²) in [4.78, 5) is 4.98. The molecule has 3 heteroatoms. The van der Waals surface area contributed by atoms with Crippen LogP contribution in [-0.4, -0.2) is 55.1 Å². The molecule has 0 amide bonds. The Morgan fingerprint density at radius 3 is 2.18 bits per heavy atom. The highest BCUT2D eigenvalue weighted by Gasteiger charge is 2.34. The van der Waals surface area contributed by atoms with Crippen molar-refractivity contribution < 1.29 is 0 Å². The molecule has 1 aliphatic rings. The number of piperidine rings is 1. The molecule has 102 valence electrons. The maximum atomic E-state index is 6.03. The van der Waals surface area contributed by atoms with Gasteiger partial charge in [-0.3, -0.25) is 4.90 Å². The van der Waals surface area contributed by atoms with Gasteiger partial charge in [0.1, 0.15) is 0 Å². The summed E-state index contributed by atoms with van der Waals surface area (Å²) in [7, 11) is 4.38. The Kier molecular flexibility index (Phi) is 5.42. The summed E-state index contributed by atoms with van der Waals surface area (Å²) >= 11 is 0. The molecule has 0 bridgehead atoms. The SMILES string of the molecule is CC(C)CC(C)(CN)N1CCC(N(C)C)CC1. The minimum absolute atomic E-state index is 0.200. The first-order valence-corrected chi connectivity index (χ1v) is 7.00. The Bertz CT molecular complexity index is 220. The van der Waals surface area contributed by atoms with E-state index in [4.69, 9.17) is 5.73 Å². The predicted octanol–water partition coefficient (Wildman–Crippen LogP) is 1.78. The Morgan fingerprint density at radius 1 is 1.29 bits per heavy atom. The van der Waals surface area contributed by atoms with Gasteiger partial charge in [-0.1, -0.05) is 13.8 Å². The van der Waals surface area contributed by atoms with Crippen LogP contribution in [0.4, 0.5) is 0 Å². The van der Waals surface area contributed by atoms with Gasteiger partial charge in [0.2, 0.25) is 0 Å². The largest absolute Gasteiger partial charge is 0.329 e. The van der Waals surface area contributed by atoms with Crippen LogP contribution < -0.4 is 5.73 Å². The molecule has 0 aromatic heterocycles. The summed E-state index contributed by atoms with van der Waals surface area (Å²) < 4.78 is 0. The van der Waals surface area contributed by atoms with Gasteiger partial charge in [0.05, 0.1) is 0 Å². The summed E-state index contributed by atoms with van der Waals surface area (Å²) in [6.07, 6.45) is 3.76. The minimum Gasteiger partial charge on any atom is -0.329 e. The molecule has 1 rings (SSSR count). The van der Waals surface area contributed by atoms with E-state index < -0.39 is 0 Å². The quantitative estimate of drug-likeness (QED) is 0.796. The monoisotopic (exact) mass is 241 g/mol. The van der Waals surface area contributed by atoms with E-state index in [0.717, 1.165) is 18.5 Å². The molecular weight excluding hydrogens is 210 g/mol. The Morgan fingerprint density at radius 2 is 1.82 bits per heavy atom. The Hall–Kier alpha value is -0.120. The molecule has 1 unspecified atom stereocenters. The third kappa shape index (κ3) is 3.94. The molecule has 0 aliphatic carbocycles. The van der Waals surface area contributed by atoms with Gasteiger partial charge in [0.25, 0.3) is 0 Å². The summed E-state index contributed by atoms with van der Waals surface area (Å²) in [5.41, 5.74) is 6.23. The van der Waals surface area contributed by atoms with Crippen LogP contribution in [0.1, 0.15) is 40.0 Å². The van der Waals surface area contributed by atoms with Crippen LogP contribution in [0.5, 0.6) is 0 Å². The fourth-order valence-electron chi connectivity index (χ4n) is 3.14. The van der Waals surface area contributed by atoms with E-state index in [2.05, 4.69) is 44.7 Å². The van der Waals surface area contributed by atoms with Gasteiger partial charge in [0, 0.05) is 31.2 Å². The third-order valence-electron chi connectivity index (χ3n) is 4.25. The van der Waals surface area contributed by atoms with Crippen LogP contribution in [0.15, 0.2) is 0 Å². The summed E-state index contributed by atoms with van der Waals surface area (Å²) in [5.74, 6) is 0.718. The highest BCUT2D eigenvalue weighted by molar-refractivity contribution is 4.91. The van der Waals surface area contributed by atoms with Gasteiger partial charge in [-0.25, -0.2) is 0 Å². The first-order chi connectivity index (χ1) is 7.89. The van der Waals surface area contributed by atoms with E-state index in [1.807, 2.05) is 0 Å². The lowest BCUT2D eigenvalue weighted by molar-refractivity contribution is 0.0429. The summed E-state index contributed by atoms with van der Waals surface area (Å²) in [6.45, 7) is 10.1. The van der Waals surface area contributed by atoms with Crippen molar-refractivity contribution in [1.82, 2.24) is 9.80 Å². The van der Waals surface area contributed by atoms with Crippen molar-refractivity contribution in [1.29, 1.82) is 0 Å². The van der Waals surface area contributed by atoms with Crippen LogP contribution in [0.2, 0.25) is 0 Å². The van der Waals surface area contributed by atoms with E-state index in [-0.39, 0.29) is 5.54 Å². The molecule has 0 spiro atoms. The standard InChI is InChI=1S/C14H31N3/c1-12(2)10-14(3,11-15)17-8-6-13(7-9-17)16(4)5/h12-13H,6-11,15H2,1-5H3. The topological polar surface area (TPSA) is 32.5 Å². The van der Waals surface area contributed by atoms with Crippen LogP contribution in [0, 0.1) is 5.92 Å². The van der Waals surface area contributed by atoms with E-state index in [9.17, 15) is 0 Å². The molecule has 1 saturated heterocycles. The average Bonchev–Trinajstić information content (AvgIpc) is 2.28. The molecule has 1 aliphatic heterocycles. The summed E-state index contributed by atoms with van der Waals surface area (Å²) in [6, 6.07) is 0.757. The molecule has 2 N–H and O–H groups in total. The van der Waals surface area contributed by atoms with Crippen LogP contribution >= 0.6 is 0 Å². The zero-order valence-corrected chi connectivity index (χ0v) is 12.4. The first kappa shape index (κ1) is 14.9. The van der Waals surface area contributed by atoms with Crippen LogP contribution in [-0.2, 0) is 0 Å². The van der Waals surface area contributed by atoms with Crippen molar-refractivity contribution in [3.05, 3.63) is 0 Å². The zero-order chi connectivity index (χ0) is 13.1. The lowest BCUT2D eigenvalue weighted by atomic mass is 9.86. The van der Waals surface area contributed by atoms with Crippen molar-refractivity contribution >= 4 is 0 Å². The molecule has 1 heterocycles. The van der Waals surface area contributed by atoms with Gasteiger partial charge in [0.15, 0.2) is 0 Å². The van der Waals surface area contributed by atoms with Gasteiger partial charge in [-0.15, -0.1) is 0 Å². The smallest absolute Gasteiger partial charge is 0.0306 e. The Labute approximate surface area is 107 Å². The number of likely N-dealkylation sites (tertiary alicyclic amines) is 1. The number of nitrogens with two attached hydrogens (primary N) is 1. The van der Waals surface area contributed by atoms with Crippen molar-refractivity contribution in [2.45, 2.75) is 51.6 Å². The molecule has 0 aromatic rings. The number of hydrogen-bond acceptors (Lipinski definition) is 3. The van der Waals surface area contributed by atoms with Gasteiger partial charge in [-0.2, -0.15) is 0 Å². The zero-order valence-electron chi connectivity index (χ0n) is 12.4. The molecule has 1 atom stereocenters. The normalized spacial score (nSPS) is 23.3. The molecule has 0 radical (unpaired) electrons. The summed E-state index contributed by atoms with van der Waals surface area (Å²) in [5, 5.41) is 0. The molecule has 17 heavy (non-hydrogen) atoms. The van der Waals surface area contributed by atoms with Crippen LogP contribution in [0.25, 0.3) is 0 Å². The van der Waals surface area contributed by atoms with E-state index >= 15 is 0 Å². The van der Waals surface area contributed by atoms with Crippen molar-refractivity contribution in [3.63, 3.8) is 0 Å². The molecule has 3 nitrogen and oxygen atoms in total. The fraction of sp³-hybridized carbons (Fsp3) is 1.00. The maximum absolute atomic E-state index is 6.03. The third-order valence-corrected chi connectivity index (χ3v) is 4.25. The lowest BCUT2D eigenvalue weighted by Crippen LogP contribution is -2.56. The number of hydrogen-bond donors (Lipinski definition) is 1. The van der Waals surface area contributed by atoms with E-state index in [1.54, 1.807) is 0 Å². The number of nitrogens with zero attached hydrogens (tertiary/aromatic N) is 2.